The molecule has 2 N–H and O–H groups in total. The summed E-state index contributed by atoms with van der Waals surface area (Å²) in [5.41, 5.74) is 1.95. The normalized spacial score (nSPS) is 21.1. The predicted molar refractivity (Wildman–Crippen MR) is 74.3 cm³/mol. The predicted octanol–water partition coefficient (Wildman–Crippen LogP) is 3.32. The molecule has 0 spiro atoms. The van der Waals surface area contributed by atoms with E-state index in [0.29, 0.717) is 5.75 Å². The summed E-state index contributed by atoms with van der Waals surface area (Å²) in [6, 6.07) is 11.7. The molecule has 0 amide bonds. The van der Waals surface area contributed by atoms with E-state index in [0.717, 1.165) is 17.5 Å². The molecule has 104 valence electrons. The smallest absolute Gasteiger partial charge is 0.127 e. The number of nitrogens with one attached hydrogen (secondary N) is 1. The molecule has 0 bridgehead atoms. The summed E-state index contributed by atoms with van der Waals surface area (Å²) in [5.74, 6) is 0.500. The third-order valence-electron chi connectivity index (χ3n) is 3.68. The summed E-state index contributed by atoms with van der Waals surface area (Å²) in [5, 5.41) is 12.6. The van der Waals surface area contributed by atoms with Crippen LogP contribution in [0.15, 0.2) is 42.5 Å². The highest BCUT2D eigenvalue weighted by Crippen LogP contribution is 2.41. The molecule has 0 saturated carbocycles. The van der Waals surface area contributed by atoms with Gasteiger partial charge in [0.05, 0.1) is 0 Å². The third-order valence-corrected chi connectivity index (χ3v) is 3.68. The first-order valence-corrected chi connectivity index (χ1v) is 6.59. The van der Waals surface area contributed by atoms with E-state index in [-0.39, 0.29) is 23.7 Å². The van der Waals surface area contributed by atoms with Crippen molar-refractivity contribution in [3.8, 4) is 11.5 Å². The number of phenolic OH excluding ortho intramolecular Hbond substituents is 1. The molecular weight excluding hydrogens is 257 g/mol. The average Bonchev–Trinajstić information content (AvgIpc) is 2.46. The average molecular weight is 273 g/mol. The highest BCUT2D eigenvalue weighted by Gasteiger charge is 2.28. The van der Waals surface area contributed by atoms with Gasteiger partial charge in [-0.3, -0.25) is 0 Å². The van der Waals surface area contributed by atoms with Crippen LogP contribution in [-0.2, 0) is 0 Å². The highest BCUT2D eigenvalue weighted by molar-refractivity contribution is 5.40. The van der Waals surface area contributed by atoms with Crippen LogP contribution in [0.3, 0.4) is 0 Å². The minimum absolute atomic E-state index is 0.123. The minimum Gasteiger partial charge on any atom is -0.508 e. The zero-order valence-corrected chi connectivity index (χ0v) is 11.1. The molecule has 2 aromatic carbocycles. The molecule has 20 heavy (non-hydrogen) atoms. The fourth-order valence-electron chi connectivity index (χ4n) is 2.61. The Labute approximate surface area is 117 Å². The molecule has 1 heterocycles. The number of ether oxygens (including phenoxy) is 1. The second-order valence-corrected chi connectivity index (χ2v) is 4.96. The molecule has 0 aromatic heterocycles. The van der Waals surface area contributed by atoms with Gasteiger partial charge in [-0.15, -0.1) is 0 Å². The van der Waals surface area contributed by atoms with Crippen LogP contribution in [-0.4, -0.2) is 12.2 Å². The van der Waals surface area contributed by atoms with Gasteiger partial charge in [-0.25, -0.2) is 4.39 Å². The Morgan fingerprint density at radius 3 is 2.65 bits per heavy atom. The van der Waals surface area contributed by atoms with Crippen molar-refractivity contribution in [1.82, 2.24) is 5.32 Å². The zero-order valence-electron chi connectivity index (χ0n) is 11.1. The molecule has 2 atom stereocenters. The van der Waals surface area contributed by atoms with E-state index in [4.69, 9.17) is 4.74 Å². The van der Waals surface area contributed by atoms with Crippen molar-refractivity contribution in [3.05, 3.63) is 59.4 Å². The van der Waals surface area contributed by atoms with Crippen LogP contribution >= 0.6 is 0 Å². The van der Waals surface area contributed by atoms with Crippen molar-refractivity contribution in [2.75, 3.05) is 7.05 Å². The van der Waals surface area contributed by atoms with Gasteiger partial charge >= 0.3 is 0 Å². The number of aromatic hydroxyl groups is 1. The molecule has 3 rings (SSSR count). The second-order valence-electron chi connectivity index (χ2n) is 4.96. The van der Waals surface area contributed by atoms with E-state index in [9.17, 15) is 9.50 Å². The molecule has 0 saturated heterocycles. The molecule has 0 radical (unpaired) electrons. The molecular formula is C16H16FNO2. The standard InChI is InChI=1S/C16H16FNO2/c1-18-14-9-15(10-2-5-12(19)6-3-10)20-16-8-11(17)4-7-13(14)16/h2-8,14-15,18-19H,9H2,1H3. The van der Waals surface area contributed by atoms with Crippen LogP contribution in [0.5, 0.6) is 11.5 Å². The number of hydrogen-bond donors (Lipinski definition) is 2. The molecule has 2 aromatic rings. The largest absolute Gasteiger partial charge is 0.508 e. The van der Waals surface area contributed by atoms with Gasteiger partial charge in [0.15, 0.2) is 0 Å². The molecule has 4 heteroatoms. The van der Waals surface area contributed by atoms with Crippen LogP contribution in [0, 0.1) is 5.82 Å². The van der Waals surface area contributed by atoms with E-state index in [2.05, 4.69) is 5.32 Å². The first kappa shape index (κ1) is 12.9. The first-order chi connectivity index (χ1) is 9.67. The maximum absolute atomic E-state index is 13.4. The molecule has 0 aliphatic carbocycles. The number of halogens is 1. The monoisotopic (exact) mass is 273 g/mol. The van der Waals surface area contributed by atoms with Crippen LogP contribution in [0.25, 0.3) is 0 Å². The Balaban J connectivity index is 1.95. The van der Waals surface area contributed by atoms with Crippen molar-refractivity contribution in [2.24, 2.45) is 0 Å². The van der Waals surface area contributed by atoms with Crippen LogP contribution in [0.4, 0.5) is 4.39 Å². The van der Waals surface area contributed by atoms with Crippen molar-refractivity contribution >= 4 is 0 Å². The molecule has 1 aliphatic heterocycles. The third kappa shape index (κ3) is 2.34. The number of hydrogen-bond acceptors (Lipinski definition) is 3. The maximum atomic E-state index is 13.4. The summed E-state index contributed by atoms with van der Waals surface area (Å²) >= 11 is 0. The van der Waals surface area contributed by atoms with Crippen LogP contribution in [0.2, 0.25) is 0 Å². The SMILES string of the molecule is CNC1CC(c2ccc(O)cc2)Oc2cc(F)ccc21. The van der Waals surface area contributed by atoms with Gasteiger partial charge in [-0.05, 0) is 30.8 Å². The van der Waals surface area contributed by atoms with Gasteiger partial charge in [0, 0.05) is 24.1 Å². The van der Waals surface area contributed by atoms with Crippen molar-refractivity contribution < 1.29 is 14.2 Å². The second kappa shape index (κ2) is 5.13. The van der Waals surface area contributed by atoms with E-state index >= 15 is 0 Å². The van der Waals surface area contributed by atoms with E-state index in [1.165, 1.54) is 12.1 Å². The Morgan fingerprint density at radius 1 is 1.20 bits per heavy atom. The lowest BCUT2D eigenvalue weighted by Gasteiger charge is -2.32. The Morgan fingerprint density at radius 2 is 1.95 bits per heavy atom. The molecule has 3 nitrogen and oxygen atoms in total. The number of rotatable bonds is 2. The Hall–Kier alpha value is -2.07. The Kier molecular flexibility index (Phi) is 3.32. The van der Waals surface area contributed by atoms with Crippen LogP contribution in [0.1, 0.15) is 29.7 Å². The fraction of sp³-hybridized carbons (Fsp3) is 0.250. The van der Waals surface area contributed by atoms with Crippen molar-refractivity contribution in [1.29, 1.82) is 0 Å². The van der Waals surface area contributed by atoms with Gasteiger partial charge < -0.3 is 15.2 Å². The van der Waals surface area contributed by atoms with Crippen molar-refractivity contribution in [2.45, 2.75) is 18.6 Å². The van der Waals surface area contributed by atoms with Crippen molar-refractivity contribution in [3.63, 3.8) is 0 Å². The zero-order chi connectivity index (χ0) is 14.1. The lowest BCUT2D eigenvalue weighted by molar-refractivity contribution is 0.153. The van der Waals surface area contributed by atoms with Gasteiger partial charge in [0.1, 0.15) is 23.4 Å². The van der Waals surface area contributed by atoms with Gasteiger partial charge in [-0.2, -0.15) is 0 Å². The summed E-state index contributed by atoms with van der Waals surface area (Å²) in [6.07, 6.45) is 0.613. The topological polar surface area (TPSA) is 41.5 Å². The Bertz CT molecular complexity index is 612. The van der Waals surface area contributed by atoms with Crippen LogP contribution < -0.4 is 10.1 Å². The van der Waals surface area contributed by atoms with E-state index < -0.39 is 0 Å². The lowest BCUT2D eigenvalue weighted by Crippen LogP contribution is -2.26. The fourth-order valence-corrected chi connectivity index (χ4v) is 2.61. The minimum atomic E-state index is -0.301. The summed E-state index contributed by atoms with van der Waals surface area (Å²) in [7, 11) is 1.89. The van der Waals surface area contributed by atoms with E-state index in [1.54, 1.807) is 18.2 Å². The quantitative estimate of drug-likeness (QED) is 0.882. The summed E-state index contributed by atoms with van der Waals surface area (Å²) < 4.78 is 19.3. The van der Waals surface area contributed by atoms with Gasteiger partial charge in [-0.1, -0.05) is 18.2 Å². The molecule has 2 unspecified atom stereocenters. The van der Waals surface area contributed by atoms with E-state index in [1.807, 2.05) is 19.2 Å². The summed E-state index contributed by atoms with van der Waals surface area (Å²) in [4.78, 5) is 0. The number of benzene rings is 2. The molecule has 0 fully saturated rings. The maximum Gasteiger partial charge on any atom is 0.127 e. The van der Waals surface area contributed by atoms with Gasteiger partial charge in [0.25, 0.3) is 0 Å². The highest BCUT2D eigenvalue weighted by atomic mass is 19.1. The first-order valence-electron chi connectivity index (χ1n) is 6.59. The number of fused-ring (bicyclic) bond motifs is 1. The lowest BCUT2D eigenvalue weighted by atomic mass is 9.93. The van der Waals surface area contributed by atoms with Gasteiger partial charge in [0.2, 0.25) is 0 Å². The number of phenols is 1. The summed E-state index contributed by atoms with van der Waals surface area (Å²) in [6.45, 7) is 0. The molecule has 1 aliphatic rings.